The van der Waals surface area contributed by atoms with Gasteiger partial charge in [0.15, 0.2) is 0 Å². The predicted molar refractivity (Wildman–Crippen MR) is 79.5 cm³/mol. The molecule has 0 saturated heterocycles. The summed E-state index contributed by atoms with van der Waals surface area (Å²) in [5.41, 5.74) is 6.72. The Morgan fingerprint density at radius 2 is 1.95 bits per heavy atom. The summed E-state index contributed by atoms with van der Waals surface area (Å²) in [6.07, 6.45) is 1.99. The van der Waals surface area contributed by atoms with Crippen molar-refractivity contribution in [2.45, 2.75) is 39.7 Å². The standard InChI is InChI=1S/C16H27FN2/c1-4-13(3)12-19(5-2)11-10-16(18)14-8-6-7-9-15(14)17/h6-9,13,16H,4-5,10-12,18H2,1-3H3. The van der Waals surface area contributed by atoms with Gasteiger partial charge in [-0.1, -0.05) is 45.4 Å². The lowest BCUT2D eigenvalue weighted by molar-refractivity contribution is 0.237. The van der Waals surface area contributed by atoms with Crippen molar-refractivity contribution in [2.75, 3.05) is 19.6 Å². The van der Waals surface area contributed by atoms with E-state index in [4.69, 9.17) is 5.73 Å². The molecule has 0 saturated carbocycles. The van der Waals surface area contributed by atoms with Gasteiger partial charge in [-0.05, 0) is 31.5 Å². The second kappa shape index (κ2) is 8.28. The largest absolute Gasteiger partial charge is 0.324 e. The summed E-state index contributed by atoms with van der Waals surface area (Å²) in [4.78, 5) is 2.40. The number of nitrogens with zero attached hydrogens (tertiary/aromatic N) is 1. The molecule has 108 valence electrons. The van der Waals surface area contributed by atoms with Crippen molar-refractivity contribution in [1.82, 2.24) is 4.90 Å². The highest BCUT2D eigenvalue weighted by atomic mass is 19.1. The first-order chi connectivity index (χ1) is 9.08. The monoisotopic (exact) mass is 266 g/mol. The van der Waals surface area contributed by atoms with E-state index in [1.54, 1.807) is 12.1 Å². The molecule has 2 nitrogen and oxygen atoms in total. The van der Waals surface area contributed by atoms with Gasteiger partial charge in [-0.15, -0.1) is 0 Å². The maximum Gasteiger partial charge on any atom is 0.127 e. The molecule has 2 N–H and O–H groups in total. The normalized spacial score (nSPS) is 14.6. The predicted octanol–water partition coefficient (Wildman–Crippen LogP) is 3.58. The molecule has 3 heteroatoms. The van der Waals surface area contributed by atoms with Gasteiger partial charge < -0.3 is 10.6 Å². The van der Waals surface area contributed by atoms with E-state index < -0.39 is 0 Å². The number of nitrogens with two attached hydrogens (primary N) is 1. The topological polar surface area (TPSA) is 29.3 Å². The van der Waals surface area contributed by atoms with Crippen LogP contribution in [-0.4, -0.2) is 24.5 Å². The SMILES string of the molecule is CCC(C)CN(CC)CCC(N)c1ccccc1F. The molecule has 0 aliphatic heterocycles. The maximum absolute atomic E-state index is 13.6. The molecule has 0 spiro atoms. The second-order valence-electron chi connectivity index (χ2n) is 5.32. The molecular weight excluding hydrogens is 239 g/mol. The van der Waals surface area contributed by atoms with Crippen molar-refractivity contribution in [2.24, 2.45) is 11.7 Å². The van der Waals surface area contributed by atoms with Crippen molar-refractivity contribution < 1.29 is 4.39 Å². The number of hydrogen-bond donors (Lipinski definition) is 1. The highest BCUT2D eigenvalue weighted by molar-refractivity contribution is 5.20. The Bertz CT molecular complexity index is 368. The third kappa shape index (κ3) is 5.29. The van der Waals surface area contributed by atoms with Gasteiger partial charge in [0, 0.05) is 18.2 Å². The lowest BCUT2D eigenvalue weighted by atomic mass is 10.0. The summed E-state index contributed by atoms with van der Waals surface area (Å²) < 4.78 is 13.6. The molecule has 1 rings (SSSR count). The fourth-order valence-corrected chi connectivity index (χ4v) is 2.20. The van der Waals surface area contributed by atoms with E-state index in [9.17, 15) is 4.39 Å². The summed E-state index contributed by atoms with van der Waals surface area (Å²) >= 11 is 0. The molecule has 2 atom stereocenters. The van der Waals surface area contributed by atoms with E-state index >= 15 is 0 Å². The van der Waals surface area contributed by atoms with Crippen LogP contribution in [0.25, 0.3) is 0 Å². The van der Waals surface area contributed by atoms with Crippen molar-refractivity contribution >= 4 is 0 Å². The van der Waals surface area contributed by atoms with Crippen LogP contribution in [-0.2, 0) is 0 Å². The lowest BCUT2D eigenvalue weighted by Crippen LogP contribution is -2.31. The molecule has 19 heavy (non-hydrogen) atoms. The number of hydrogen-bond acceptors (Lipinski definition) is 2. The zero-order chi connectivity index (χ0) is 14.3. The summed E-state index contributed by atoms with van der Waals surface area (Å²) in [6.45, 7) is 9.68. The summed E-state index contributed by atoms with van der Waals surface area (Å²) in [6, 6.07) is 6.59. The molecule has 0 radical (unpaired) electrons. The van der Waals surface area contributed by atoms with Gasteiger partial charge in [0.2, 0.25) is 0 Å². The molecule has 2 unspecified atom stereocenters. The molecule has 0 aliphatic rings. The average Bonchev–Trinajstić information content (AvgIpc) is 2.43. The van der Waals surface area contributed by atoms with Crippen LogP contribution in [0.2, 0.25) is 0 Å². The van der Waals surface area contributed by atoms with E-state index in [1.165, 1.54) is 12.5 Å². The van der Waals surface area contributed by atoms with Crippen molar-refractivity contribution in [3.05, 3.63) is 35.6 Å². The first kappa shape index (κ1) is 16.1. The van der Waals surface area contributed by atoms with Gasteiger partial charge in [0.1, 0.15) is 5.82 Å². The first-order valence-electron chi connectivity index (χ1n) is 7.30. The molecule has 0 amide bonds. The molecule has 0 aromatic heterocycles. The highest BCUT2D eigenvalue weighted by Gasteiger charge is 2.13. The van der Waals surface area contributed by atoms with Crippen molar-refractivity contribution in [3.63, 3.8) is 0 Å². The third-order valence-corrected chi connectivity index (χ3v) is 3.78. The molecule has 1 aromatic rings. The smallest absolute Gasteiger partial charge is 0.127 e. The van der Waals surface area contributed by atoms with E-state index in [1.807, 2.05) is 6.07 Å². The first-order valence-corrected chi connectivity index (χ1v) is 7.30. The summed E-state index contributed by atoms with van der Waals surface area (Å²) in [5.74, 6) is 0.504. The van der Waals surface area contributed by atoms with Gasteiger partial charge in [0.05, 0.1) is 0 Å². The lowest BCUT2D eigenvalue weighted by Gasteiger charge is -2.25. The Hall–Kier alpha value is -0.930. The minimum atomic E-state index is -0.216. The number of halogens is 1. The molecule has 0 fully saturated rings. The van der Waals surface area contributed by atoms with Crippen LogP contribution < -0.4 is 5.73 Å². The minimum Gasteiger partial charge on any atom is -0.324 e. The van der Waals surface area contributed by atoms with Gasteiger partial charge in [-0.2, -0.15) is 0 Å². The Kier molecular flexibility index (Phi) is 7.03. The van der Waals surface area contributed by atoms with Gasteiger partial charge in [0.25, 0.3) is 0 Å². The quantitative estimate of drug-likeness (QED) is 0.779. The Balaban J connectivity index is 2.48. The van der Waals surface area contributed by atoms with Crippen molar-refractivity contribution in [1.29, 1.82) is 0 Å². The van der Waals surface area contributed by atoms with Crippen molar-refractivity contribution in [3.8, 4) is 0 Å². The van der Waals surface area contributed by atoms with E-state index in [0.29, 0.717) is 11.5 Å². The zero-order valence-electron chi connectivity index (χ0n) is 12.4. The van der Waals surface area contributed by atoms with Crippen LogP contribution in [0.3, 0.4) is 0 Å². The fourth-order valence-electron chi connectivity index (χ4n) is 2.20. The van der Waals surface area contributed by atoms with Crippen LogP contribution in [0.4, 0.5) is 4.39 Å². The average molecular weight is 266 g/mol. The molecule has 0 aliphatic carbocycles. The van der Waals surface area contributed by atoms with Gasteiger partial charge >= 0.3 is 0 Å². The fraction of sp³-hybridized carbons (Fsp3) is 0.625. The molecule has 1 aromatic carbocycles. The van der Waals surface area contributed by atoms with Crippen LogP contribution >= 0.6 is 0 Å². The molecule has 0 bridgehead atoms. The van der Waals surface area contributed by atoms with Crippen LogP contribution in [0, 0.1) is 11.7 Å². The van der Waals surface area contributed by atoms with Crippen LogP contribution in [0.1, 0.15) is 45.2 Å². The minimum absolute atomic E-state index is 0.194. The van der Waals surface area contributed by atoms with Crippen LogP contribution in [0.5, 0.6) is 0 Å². The molecule has 0 heterocycles. The van der Waals surface area contributed by atoms with E-state index in [0.717, 1.165) is 26.1 Å². The zero-order valence-corrected chi connectivity index (χ0v) is 12.4. The third-order valence-electron chi connectivity index (χ3n) is 3.78. The highest BCUT2D eigenvalue weighted by Crippen LogP contribution is 2.18. The van der Waals surface area contributed by atoms with E-state index in [2.05, 4.69) is 25.7 Å². The Morgan fingerprint density at radius 3 is 2.53 bits per heavy atom. The number of benzene rings is 1. The number of rotatable bonds is 8. The van der Waals surface area contributed by atoms with Gasteiger partial charge in [-0.25, -0.2) is 4.39 Å². The summed E-state index contributed by atoms with van der Waals surface area (Å²) in [7, 11) is 0. The summed E-state index contributed by atoms with van der Waals surface area (Å²) in [5, 5.41) is 0. The van der Waals surface area contributed by atoms with Gasteiger partial charge in [-0.3, -0.25) is 0 Å². The second-order valence-corrected chi connectivity index (χ2v) is 5.32. The van der Waals surface area contributed by atoms with Crippen LogP contribution in [0.15, 0.2) is 24.3 Å². The van der Waals surface area contributed by atoms with E-state index in [-0.39, 0.29) is 11.9 Å². The Morgan fingerprint density at radius 1 is 1.26 bits per heavy atom. The molecular formula is C16H27FN2. The maximum atomic E-state index is 13.6. The Labute approximate surface area is 116 Å².